The van der Waals surface area contributed by atoms with E-state index in [0.29, 0.717) is 25.0 Å². The van der Waals surface area contributed by atoms with E-state index in [0.717, 1.165) is 38.5 Å². The van der Waals surface area contributed by atoms with E-state index in [4.69, 9.17) is 9.47 Å². The Kier molecular flexibility index (Phi) is 2.15. The van der Waals surface area contributed by atoms with Crippen molar-refractivity contribution in [2.24, 2.45) is 33.5 Å². The Balaban J connectivity index is 1.72. The summed E-state index contributed by atoms with van der Waals surface area (Å²) in [5.41, 5.74) is -1.28. The Hall–Kier alpha value is -1.06. The van der Waals surface area contributed by atoms with Gasteiger partial charge in [-0.25, -0.2) is 0 Å². The molecule has 0 radical (unpaired) electrons. The van der Waals surface area contributed by atoms with Crippen LogP contribution in [0.25, 0.3) is 0 Å². The van der Waals surface area contributed by atoms with Crippen LogP contribution in [-0.4, -0.2) is 25.2 Å². The fourth-order valence-electron chi connectivity index (χ4n) is 7.96. The maximum atomic E-state index is 12.9. The number of hydrogen-bond donors (Lipinski definition) is 0. The highest BCUT2D eigenvalue weighted by Crippen LogP contribution is 2.97. The molecule has 0 N–H and O–H groups in total. The molecule has 5 fully saturated rings. The van der Waals surface area contributed by atoms with Gasteiger partial charge in [-0.2, -0.15) is 0 Å². The monoisotopic (exact) mass is 304 g/mol. The van der Waals surface area contributed by atoms with Crippen LogP contribution in [0.5, 0.6) is 0 Å². The van der Waals surface area contributed by atoms with Crippen LogP contribution < -0.4 is 0 Å². The number of carbonyl (C=O) groups is 2. The Bertz CT molecular complexity index is 600. The predicted molar refractivity (Wildman–Crippen MR) is 77.7 cm³/mol. The van der Waals surface area contributed by atoms with Gasteiger partial charge < -0.3 is 9.47 Å². The molecule has 3 saturated carbocycles. The normalized spacial score (nSPS) is 57.0. The summed E-state index contributed by atoms with van der Waals surface area (Å²) in [5, 5.41) is 0. The lowest BCUT2D eigenvalue weighted by atomic mass is 9.17. The number of cyclic esters (lactones) is 2. The third kappa shape index (κ3) is 0.845. The molecule has 0 aromatic carbocycles. The van der Waals surface area contributed by atoms with E-state index in [2.05, 4.69) is 13.8 Å². The molecule has 6 atom stereocenters. The second-order valence-corrected chi connectivity index (χ2v) is 8.40. The molecular weight excluding hydrogens is 280 g/mol. The first kappa shape index (κ1) is 13.4. The van der Waals surface area contributed by atoms with Crippen LogP contribution in [0.15, 0.2) is 0 Å². The molecule has 0 bridgehead atoms. The van der Waals surface area contributed by atoms with Crippen molar-refractivity contribution in [3.8, 4) is 0 Å². The van der Waals surface area contributed by atoms with E-state index in [1.165, 1.54) is 0 Å². The molecule has 0 aromatic heterocycles. The average molecular weight is 304 g/mol. The molecule has 120 valence electrons. The highest BCUT2D eigenvalue weighted by molar-refractivity contribution is 5.99. The number of carbonyl (C=O) groups excluding carboxylic acids is 2. The number of hydrogen-bond acceptors (Lipinski definition) is 4. The second-order valence-electron chi connectivity index (χ2n) is 8.40. The van der Waals surface area contributed by atoms with Crippen molar-refractivity contribution in [3.05, 3.63) is 0 Å². The first-order valence-corrected chi connectivity index (χ1v) is 8.91. The van der Waals surface area contributed by atoms with E-state index in [-0.39, 0.29) is 22.8 Å². The molecule has 5 aliphatic rings. The molecule has 4 heteroatoms. The lowest BCUT2D eigenvalue weighted by Gasteiger charge is -2.79. The maximum Gasteiger partial charge on any atom is 0.314 e. The maximum absolute atomic E-state index is 12.9. The number of esters is 2. The van der Waals surface area contributed by atoms with Gasteiger partial charge in [-0.05, 0) is 37.5 Å². The third-order valence-corrected chi connectivity index (χ3v) is 8.38. The SMILES string of the molecule is CCC[C@H]1C[C@@]23C(=O)OC[C@@]24C[C@H](CC)C[C@]42COC(=O)[C@@]123. The molecule has 5 rings (SSSR count). The lowest BCUT2D eigenvalue weighted by molar-refractivity contribution is -0.348. The zero-order valence-corrected chi connectivity index (χ0v) is 13.4. The van der Waals surface area contributed by atoms with E-state index in [1.54, 1.807) is 0 Å². The summed E-state index contributed by atoms with van der Waals surface area (Å²) in [5.74, 6) is 0.752. The summed E-state index contributed by atoms with van der Waals surface area (Å²) >= 11 is 0. The fraction of sp³-hybridized carbons (Fsp3) is 0.889. The first-order chi connectivity index (χ1) is 10.6. The summed E-state index contributed by atoms with van der Waals surface area (Å²) in [6.07, 6.45) is 6.16. The molecule has 4 spiro atoms. The van der Waals surface area contributed by atoms with Crippen LogP contribution >= 0.6 is 0 Å². The Morgan fingerprint density at radius 1 is 1.00 bits per heavy atom. The second kappa shape index (κ2) is 3.54. The molecule has 0 aromatic rings. The lowest BCUT2D eigenvalue weighted by Crippen LogP contribution is -2.86. The van der Waals surface area contributed by atoms with Crippen LogP contribution in [-0.2, 0) is 19.1 Å². The minimum Gasteiger partial charge on any atom is -0.465 e. The van der Waals surface area contributed by atoms with Crippen molar-refractivity contribution in [1.82, 2.24) is 0 Å². The summed E-state index contributed by atoms with van der Waals surface area (Å²) in [7, 11) is 0. The minimum absolute atomic E-state index is 0.0802. The first-order valence-electron chi connectivity index (χ1n) is 8.91. The van der Waals surface area contributed by atoms with Crippen LogP contribution in [0, 0.1) is 33.5 Å². The van der Waals surface area contributed by atoms with Gasteiger partial charge in [0.2, 0.25) is 0 Å². The molecule has 2 heterocycles. The van der Waals surface area contributed by atoms with Gasteiger partial charge in [0.05, 0.1) is 24.0 Å². The molecule has 4 nitrogen and oxygen atoms in total. The molecule has 0 amide bonds. The fourth-order valence-corrected chi connectivity index (χ4v) is 7.96. The predicted octanol–water partition coefficient (Wildman–Crippen LogP) is 2.70. The molecule has 22 heavy (non-hydrogen) atoms. The van der Waals surface area contributed by atoms with Crippen molar-refractivity contribution in [3.63, 3.8) is 0 Å². The van der Waals surface area contributed by atoms with Crippen molar-refractivity contribution in [2.45, 2.75) is 52.4 Å². The molecule has 0 unspecified atom stereocenters. The van der Waals surface area contributed by atoms with Crippen molar-refractivity contribution in [1.29, 1.82) is 0 Å². The van der Waals surface area contributed by atoms with Gasteiger partial charge in [0.25, 0.3) is 0 Å². The van der Waals surface area contributed by atoms with Crippen LogP contribution in [0.3, 0.4) is 0 Å². The Morgan fingerprint density at radius 3 is 2.41 bits per heavy atom. The van der Waals surface area contributed by atoms with Crippen molar-refractivity contribution < 1.29 is 19.1 Å². The van der Waals surface area contributed by atoms with Crippen molar-refractivity contribution in [2.75, 3.05) is 13.2 Å². The highest BCUT2D eigenvalue weighted by Gasteiger charge is 3.03. The molecular formula is C18H24O4. The van der Waals surface area contributed by atoms with E-state index in [9.17, 15) is 9.59 Å². The van der Waals surface area contributed by atoms with Gasteiger partial charge in [-0.15, -0.1) is 0 Å². The molecule has 2 aliphatic heterocycles. The van der Waals surface area contributed by atoms with Gasteiger partial charge in [0.15, 0.2) is 0 Å². The van der Waals surface area contributed by atoms with Gasteiger partial charge in [-0.1, -0.05) is 26.7 Å². The van der Waals surface area contributed by atoms with Crippen LogP contribution in [0.4, 0.5) is 0 Å². The third-order valence-electron chi connectivity index (χ3n) is 8.38. The van der Waals surface area contributed by atoms with Crippen LogP contribution in [0.2, 0.25) is 0 Å². The smallest absolute Gasteiger partial charge is 0.314 e. The average Bonchev–Trinajstić information content (AvgIpc) is 3.06. The summed E-state index contributed by atoms with van der Waals surface area (Å²) in [4.78, 5) is 25.6. The largest absolute Gasteiger partial charge is 0.465 e. The van der Waals surface area contributed by atoms with Crippen molar-refractivity contribution >= 4 is 11.9 Å². The minimum atomic E-state index is -0.534. The van der Waals surface area contributed by atoms with E-state index in [1.807, 2.05) is 0 Å². The Labute approximate surface area is 130 Å². The summed E-state index contributed by atoms with van der Waals surface area (Å²) in [6.45, 7) is 5.44. The number of ether oxygens (including phenoxy) is 2. The van der Waals surface area contributed by atoms with Crippen LogP contribution in [0.1, 0.15) is 52.4 Å². The zero-order valence-electron chi connectivity index (χ0n) is 13.4. The van der Waals surface area contributed by atoms with Gasteiger partial charge in [0, 0.05) is 10.8 Å². The van der Waals surface area contributed by atoms with Gasteiger partial charge >= 0.3 is 11.9 Å². The molecule has 3 aliphatic carbocycles. The highest BCUT2D eigenvalue weighted by atomic mass is 16.6. The standard InChI is InChI=1S/C18H24O4/c1-3-5-12-8-17-13(19)21-9-15(17)6-11(4-2)7-16(15)10-22-14(20)18(12,16)17/h11-12H,3-10H2,1-2H3/t11-,12-,15+,16-,17+,18-/m0/s1. The zero-order chi connectivity index (χ0) is 15.4. The summed E-state index contributed by atoms with van der Waals surface area (Å²) in [6, 6.07) is 0. The summed E-state index contributed by atoms with van der Waals surface area (Å²) < 4.78 is 11.3. The van der Waals surface area contributed by atoms with E-state index < -0.39 is 10.8 Å². The van der Waals surface area contributed by atoms with Gasteiger partial charge in [-0.3, -0.25) is 9.59 Å². The van der Waals surface area contributed by atoms with Gasteiger partial charge in [0.1, 0.15) is 0 Å². The topological polar surface area (TPSA) is 52.6 Å². The van der Waals surface area contributed by atoms with E-state index >= 15 is 0 Å². The number of rotatable bonds is 3. The quantitative estimate of drug-likeness (QED) is 0.752. The Morgan fingerprint density at radius 2 is 1.68 bits per heavy atom. The molecule has 2 saturated heterocycles.